The van der Waals surface area contributed by atoms with Crippen LogP contribution < -0.4 is 11.1 Å². The third-order valence-electron chi connectivity index (χ3n) is 4.08. The molecule has 0 bridgehead atoms. The number of hydrogen-bond donors (Lipinski definition) is 2. The topological polar surface area (TPSA) is 55.1 Å². The van der Waals surface area contributed by atoms with Crippen molar-refractivity contribution >= 4 is 5.91 Å². The van der Waals surface area contributed by atoms with E-state index in [2.05, 4.69) is 5.32 Å². The second kappa shape index (κ2) is 5.87. The lowest BCUT2D eigenvalue weighted by Crippen LogP contribution is -2.55. The van der Waals surface area contributed by atoms with Gasteiger partial charge >= 0.3 is 0 Å². The van der Waals surface area contributed by atoms with Gasteiger partial charge in [0.2, 0.25) is 5.91 Å². The molecule has 1 aromatic carbocycles. The van der Waals surface area contributed by atoms with Crippen molar-refractivity contribution in [2.24, 2.45) is 17.6 Å². The summed E-state index contributed by atoms with van der Waals surface area (Å²) < 4.78 is 27.5. The summed E-state index contributed by atoms with van der Waals surface area (Å²) >= 11 is 0. The molecule has 2 rings (SSSR count). The first-order chi connectivity index (χ1) is 9.40. The van der Waals surface area contributed by atoms with E-state index in [1.54, 1.807) is 0 Å². The molecule has 0 saturated carbocycles. The lowest BCUT2D eigenvalue weighted by atomic mass is 9.76. The zero-order valence-corrected chi connectivity index (χ0v) is 11.7. The van der Waals surface area contributed by atoms with E-state index in [4.69, 9.17) is 5.73 Å². The first-order valence-corrected chi connectivity index (χ1v) is 6.88. The quantitative estimate of drug-likeness (QED) is 0.891. The van der Waals surface area contributed by atoms with Crippen molar-refractivity contribution in [3.05, 3.63) is 35.4 Å². The average molecular weight is 282 g/mol. The van der Waals surface area contributed by atoms with Crippen LogP contribution in [0.1, 0.15) is 25.8 Å². The molecule has 0 spiro atoms. The van der Waals surface area contributed by atoms with Crippen molar-refractivity contribution in [3.63, 3.8) is 0 Å². The monoisotopic (exact) mass is 282 g/mol. The fourth-order valence-corrected chi connectivity index (χ4v) is 3.25. The Hall–Kier alpha value is -1.49. The van der Waals surface area contributed by atoms with E-state index in [1.807, 2.05) is 13.8 Å². The molecular formula is C15H20F2N2O. The number of carbonyl (C=O) groups excluding carboxylic acids is 1. The Kier molecular flexibility index (Phi) is 4.38. The minimum Gasteiger partial charge on any atom is -0.369 e. The molecule has 4 atom stereocenters. The van der Waals surface area contributed by atoms with Crippen LogP contribution in [0.15, 0.2) is 18.2 Å². The van der Waals surface area contributed by atoms with Crippen molar-refractivity contribution in [1.29, 1.82) is 0 Å². The van der Waals surface area contributed by atoms with Crippen molar-refractivity contribution in [2.45, 2.75) is 38.8 Å². The minimum absolute atomic E-state index is 0.0116. The predicted molar refractivity (Wildman–Crippen MR) is 72.9 cm³/mol. The van der Waals surface area contributed by atoms with Gasteiger partial charge in [-0.15, -0.1) is 0 Å². The summed E-state index contributed by atoms with van der Waals surface area (Å²) in [5, 5.41) is 3.25. The number of rotatable bonds is 3. The van der Waals surface area contributed by atoms with Gasteiger partial charge in [-0.1, -0.05) is 13.0 Å². The highest BCUT2D eigenvalue weighted by Crippen LogP contribution is 2.29. The molecule has 0 radical (unpaired) electrons. The van der Waals surface area contributed by atoms with Gasteiger partial charge < -0.3 is 11.1 Å². The van der Waals surface area contributed by atoms with Gasteiger partial charge in [-0.2, -0.15) is 0 Å². The SMILES string of the molecule is CC1CC(C)C(C(N)=O)C(Cc2c(F)cccc2F)N1. The number of nitrogens with two attached hydrogens (primary N) is 1. The van der Waals surface area contributed by atoms with Gasteiger partial charge in [-0.3, -0.25) is 4.79 Å². The molecule has 1 fully saturated rings. The molecular weight excluding hydrogens is 262 g/mol. The van der Waals surface area contributed by atoms with Gasteiger partial charge in [-0.05, 0) is 37.8 Å². The molecule has 3 N–H and O–H groups in total. The first kappa shape index (κ1) is 14.9. The highest BCUT2D eigenvalue weighted by atomic mass is 19.1. The molecule has 110 valence electrons. The second-order valence-corrected chi connectivity index (χ2v) is 5.72. The number of carbonyl (C=O) groups is 1. The summed E-state index contributed by atoms with van der Waals surface area (Å²) in [5.41, 5.74) is 5.47. The second-order valence-electron chi connectivity index (χ2n) is 5.72. The van der Waals surface area contributed by atoms with Crippen LogP contribution in [0.5, 0.6) is 0 Å². The van der Waals surface area contributed by atoms with Gasteiger partial charge in [-0.25, -0.2) is 8.78 Å². The highest BCUT2D eigenvalue weighted by molar-refractivity contribution is 5.78. The molecule has 1 saturated heterocycles. The minimum atomic E-state index is -0.582. The summed E-state index contributed by atoms with van der Waals surface area (Å²) in [7, 11) is 0. The van der Waals surface area contributed by atoms with Gasteiger partial charge in [0.1, 0.15) is 11.6 Å². The van der Waals surface area contributed by atoms with E-state index in [9.17, 15) is 13.6 Å². The smallest absolute Gasteiger partial charge is 0.222 e. The summed E-state index contributed by atoms with van der Waals surface area (Å²) in [6.07, 6.45) is 0.949. The fourth-order valence-electron chi connectivity index (χ4n) is 3.25. The van der Waals surface area contributed by atoms with E-state index in [1.165, 1.54) is 18.2 Å². The molecule has 1 heterocycles. The van der Waals surface area contributed by atoms with Crippen molar-refractivity contribution < 1.29 is 13.6 Å². The van der Waals surface area contributed by atoms with Crippen LogP contribution in [0.25, 0.3) is 0 Å². The van der Waals surface area contributed by atoms with Crippen LogP contribution >= 0.6 is 0 Å². The van der Waals surface area contributed by atoms with Crippen molar-refractivity contribution in [1.82, 2.24) is 5.32 Å². The number of hydrogen-bond acceptors (Lipinski definition) is 2. The molecule has 4 unspecified atom stereocenters. The van der Waals surface area contributed by atoms with E-state index >= 15 is 0 Å². The number of nitrogens with one attached hydrogen (secondary N) is 1. The molecule has 3 nitrogen and oxygen atoms in total. The van der Waals surface area contributed by atoms with Gasteiger partial charge in [0.05, 0.1) is 5.92 Å². The van der Waals surface area contributed by atoms with Crippen LogP contribution in [0, 0.1) is 23.5 Å². The lowest BCUT2D eigenvalue weighted by molar-refractivity contribution is -0.125. The molecule has 0 aliphatic carbocycles. The maximum Gasteiger partial charge on any atom is 0.222 e. The molecule has 1 aliphatic heterocycles. The number of piperidine rings is 1. The Balaban J connectivity index is 2.27. The third kappa shape index (κ3) is 2.98. The number of halogens is 2. The highest BCUT2D eigenvalue weighted by Gasteiger charge is 2.37. The van der Waals surface area contributed by atoms with Crippen LogP contribution in [-0.2, 0) is 11.2 Å². The summed E-state index contributed by atoms with van der Waals surface area (Å²) in [6, 6.07) is 3.65. The molecule has 20 heavy (non-hydrogen) atoms. The van der Waals surface area contributed by atoms with Gasteiger partial charge in [0.15, 0.2) is 0 Å². The first-order valence-electron chi connectivity index (χ1n) is 6.88. The average Bonchev–Trinajstić information content (AvgIpc) is 2.32. The Morgan fingerprint density at radius 3 is 2.50 bits per heavy atom. The van der Waals surface area contributed by atoms with Crippen LogP contribution in [0.3, 0.4) is 0 Å². The molecule has 5 heteroatoms. The molecule has 1 aromatic rings. The van der Waals surface area contributed by atoms with Crippen LogP contribution in [-0.4, -0.2) is 18.0 Å². The largest absolute Gasteiger partial charge is 0.369 e. The van der Waals surface area contributed by atoms with Gasteiger partial charge in [0.25, 0.3) is 0 Å². The summed E-state index contributed by atoms with van der Waals surface area (Å²) in [4.78, 5) is 11.6. The fraction of sp³-hybridized carbons (Fsp3) is 0.533. The van der Waals surface area contributed by atoms with Crippen LogP contribution in [0.2, 0.25) is 0 Å². The summed E-state index contributed by atoms with van der Waals surface area (Å²) in [5.74, 6) is -1.89. The lowest BCUT2D eigenvalue weighted by Gasteiger charge is -2.39. The van der Waals surface area contributed by atoms with Crippen molar-refractivity contribution in [3.8, 4) is 0 Å². The predicted octanol–water partition coefficient (Wildman–Crippen LogP) is 2.00. The number of amides is 1. The zero-order valence-electron chi connectivity index (χ0n) is 11.7. The zero-order chi connectivity index (χ0) is 14.9. The number of benzene rings is 1. The molecule has 1 aliphatic rings. The third-order valence-corrected chi connectivity index (χ3v) is 4.08. The van der Waals surface area contributed by atoms with E-state index in [0.29, 0.717) is 0 Å². The van der Waals surface area contributed by atoms with Crippen LogP contribution in [0.4, 0.5) is 8.78 Å². The Morgan fingerprint density at radius 2 is 1.95 bits per heavy atom. The molecule has 1 amide bonds. The Bertz CT molecular complexity index is 486. The maximum absolute atomic E-state index is 13.7. The summed E-state index contributed by atoms with van der Waals surface area (Å²) in [6.45, 7) is 3.95. The maximum atomic E-state index is 13.7. The Morgan fingerprint density at radius 1 is 1.35 bits per heavy atom. The van der Waals surface area contributed by atoms with E-state index < -0.39 is 23.5 Å². The van der Waals surface area contributed by atoms with E-state index in [-0.39, 0.29) is 30.0 Å². The normalized spacial score (nSPS) is 30.2. The van der Waals surface area contributed by atoms with Crippen molar-refractivity contribution in [2.75, 3.05) is 0 Å². The number of primary amides is 1. The van der Waals surface area contributed by atoms with Gasteiger partial charge in [0, 0.05) is 17.6 Å². The van der Waals surface area contributed by atoms with E-state index in [0.717, 1.165) is 6.42 Å². The Labute approximate surface area is 117 Å². The standard InChI is InChI=1S/C15H20F2N2O/c1-8-6-9(2)19-13(14(8)15(18)20)7-10-11(16)4-3-5-12(10)17/h3-5,8-9,13-14,19H,6-7H2,1-2H3,(H2,18,20). The molecule has 0 aromatic heterocycles.